The molecule has 0 aliphatic rings. The van der Waals surface area contributed by atoms with E-state index < -0.39 is 76.7 Å². The lowest BCUT2D eigenvalue weighted by atomic mass is 9.98. The number of nitrogens with one attached hydrogen (secondary N) is 2. The molecular weight excluding hydrogens is 819 g/mol. The summed E-state index contributed by atoms with van der Waals surface area (Å²) in [6, 6.07) is 11.2. The maximum Gasteiger partial charge on any atom is 0.331 e. The summed E-state index contributed by atoms with van der Waals surface area (Å²) >= 11 is 14.9. The van der Waals surface area contributed by atoms with Crippen molar-refractivity contribution >= 4 is 69.6 Å². The Hall–Kier alpha value is -5.68. The molecule has 6 rings (SSSR count). The van der Waals surface area contributed by atoms with Crippen molar-refractivity contribution < 1.29 is 47.0 Å². The number of carboxylic acid groups (broad SMARTS) is 2. The summed E-state index contributed by atoms with van der Waals surface area (Å²) in [4.78, 5) is 58.1. The number of benzene rings is 4. The van der Waals surface area contributed by atoms with E-state index in [1.54, 1.807) is 29.6 Å². The number of thiazole rings is 2. The van der Waals surface area contributed by atoms with Crippen LogP contribution in [0, 0.1) is 23.3 Å². The topological polar surface area (TPSA) is 159 Å². The number of aliphatic carboxylic acids is 2. The first-order chi connectivity index (χ1) is 26.7. The number of hydrogen-bond donors (Lipinski definition) is 4. The lowest BCUT2D eigenvalue weighted by Gasteiger charge is -2.17. The summed E-state index contributed by atoms with van der Waals surface area (Å²) in [7, 11) is 0. The Kier molecular flexibility index (Phi) is 12.1. The summed E-state index contributed by atoms with van der Waals surface area (Å²) in [5.41, 5.74) is 0.432. The average molecular weight is 844 g/mol. The van der Waals surface area contributed by atoms with Crippen LogP contribution in [-0.2, 0) is 32.0 Å². The van der Waals surface area contributed by atoms with Gasteiger partial charge >= 0.3 is 11.9 Å². The molecule has 6 aromatic rings. The van der Waals surface area contributed by atoms with E-state index in [0.29, 0.717) is 38.4 Å². The average Bonchev–Trinajstić information content (AvgIpc) is 3.80. The molecular formula is C38H24Cl2F4N4O6S2. The lowest BCUT2D eigenvalue weighted by molar-refractivity contribution is -0.142. The van der Waals surface area contributed by atoms with Gasteiger partial charge in [0.05, 0.1) is 29.3 Å². The van der Waals surface area contributed by atoms with Gasteiger partial charge in [-0.2, -0.15) is 0 Å². The number of carbonyl (C=O) groups excluding carboxylic acids is 2. The van der Waals surface area contributed by atoms with Crippen LogP contribution in [0.25, 0.3) is 32.3 Å². The van der Waals surface area contributed by atoms with Gasteiger partial charge in [-0.1, -0.05) is 47.5 Å². The van der Waals surface area contributed by atoms with Crippen LogP contribution >= 0.6 is 45.9 Å². The van der Waals surface area contributed by atoms with Crippen molar-refractivity contribution in [3.8, 4) is 32.3 Å². The van der Waals surface area contributed by atoms with Gasteiger partial charge < -0.3 is 20.8 Å². The number of carbonyl (C=O) groups is 4. The highest BCUT2D eigenvalue weighted by molar-refractivity contribution is 7.13. The minimum atomic E-state index is -1.93. The molecule has 0 fully saturated rings. The number of nitrogens with zero attached hydrogens (tertiary/aromatic N) is 2. The third-order valence-corrected chi connectivity index (χ3v) is 10.6. The van der Waals surface area contributed by atoms with E-state index in [0.717, 1.165) is 35.1 Å². The predicted octanol–water partition coefficient (Wildman–Crippen LogP) is 8.43. The molecule has 286 valence electrons. The molecule has 0 saturated heterocycles. The second-order valence-corrected chi connectivity index (χ2v) is 14.6. The van der Waals surface area contributed by atoms with Crippen LogP contribution in [0.15, 0.2) is 83.6 Å². The molecule has 4 N–H and O–H groups in total. The first-order valence-corrected chi connectivity index (χ1v) is 18.6. The van der Waals surface area contributed by atoms with Crippen LogP contribution in [0.4, 0.5) is 17.6 Å². The van der Waals surface area contributed by atoms with Gasteiger partial charge in [0.15, 0.2) is 12.1 Å². The number of aromatic nitrogens is 2. The van der Waals surface area contributed by atoms with Gasteiger partial charge in [0, 0.05) is 49.7 Å². The molecule has 2 heterocycles. The van der Waals surface area contributed by atoms with Crippen molar-refractivity contribution in [3.63, 3.8) is 0 Å². The zero-order valence-electron chi connectivity index (χ0n) is 28.2. The van der Waals surface area contributed by atoms with Crippen LogP contribution in [0.2, 0.25) is 10.0 Å². The molecule has 0 aliphatic carbocycles. The van der Waals surface area contributed by atoms with Crippen LogP contribution in [0.1, 0.15) is 34.6 Å². The van der Waals surface area contributed by atoms with Gasteiger partial charge in [0.25, 0.3) is 0 Å². The zero-order valence-corrected chi connectivity index (χ0v) is 31.3. The molecule has 0 aliphatic heterocycles. The fourth-order valence-corrected chi connectivity index (χ4v) is 7.74. The molecule has 0 spiro atoms. The first-order valence-electron chi connectivity index (χ1n) is 16.1. The minimum absolute atomic E-state index is 0.0608. The van der Waals surface area contributed by atoms with Crippen LogP contribution in [0.3, 0.4) is 0 Å². The molecule has 4 aromatic carbocycles. The highest BCUT2D eigenvalue weighted by Crippen LogP contribution is 2.36. The molecule has 18 heteroatoms. The molecule has 2 amide bonds. The van der Waals surface area contributed by atoms with Crippen LogP contribution in [-0.4, -0.2) is 43.9 Å². The first kappa shape index (κ1) is 40.0. The number of carboxylic acids is 2. The van der Waals surface area contributed by atoms with E-state index in [4.69, 9.17) is 23.2 Å². The lowest BCUT2D eigenvalue weighted by Crippen LogP contribution is -2.35. The third-order valence-electron chi connectivity index (χ3n) is 8.14. The summed E-state index contributed by atoms with van der Waals surface area (Å²) in [5, 5.41) is 28.4. The maximum atomic E-state index is 15.5. The van der Waals surface area contributed by atoms with Crippen molar-refractivity contribution in [1.82, 2.24) is 20.6 Å². The molecule has 2 atom stereocenters. The van der Waals surface area contributed by atoms with Gasteiger partial charge in [0.2, 0.25) is 11.8 Å². The van der Waals surface area contributed by atoms with E-state index in [1.807, 2.05) is 0 Å². The second kappa shape index (κ2) is 17.0. The highest BCUT2D eigenvalue weighted by Gasteiger charge is 2.29. The molecule has 2 unspecified atom stereocenters. The van der Waals surface area contributed by atoms with E-state index in [-0.39, 0.29) is 28.3 Å². The van der Waals surface area contributed by atoms with Gasteiger partial charge in [-0.3, -0.25) is 9.59 Å². The monoisotopic (exact) mass is 842 g/mol. The van der Waals surface area contributed by atoms with Crippen molar-refractivity contribution in [2.75, 3.05) is 0 Å². The molecule has 0 saturated carbocycles. The quantitative estimate of drug-likeness (QED) is 0.0844. The molecule has 10 nitrogen and oxygen atoms in total. The number of halogens is 6. The molecule has 56 heavy (non-hydrogen) atoms. The molecule has 0 bridgehead atoms. The third kappa shape index (κ3) is 9.22. The van der Waals surface area contributed by atoms with Crippen molar-refractivity contribution in [2.45, 2.75) is 24.9 Å². The van der Waals surface area contributed by atoms with Crippen molar-refractivity contribution in [3.05, 3.63) is 139 Å². The summed E-state index contributed by atoms with van der Waals surface area (Å²) in [5.74, 6) is -8.97. The summed E-state index contributed by atoms with van der Waals surface area (Å²) < 4.78 is 58.6. The molecule has 2 aromatic heterocycles. The Bertz CT molecular complexity index is 2520. The number of amides is 2. The summed E-state index contributed by atoms with van der Waals surface area (Å²) in [6.07, 6.45) is -0.727. The number of hydrogen-bond acceptors (Lipinski definition) is 8. The Morgan fingerprint density at radius 1 is 0.643 bits per heavy atom. The van der Waals surface area contributed by atoms with Crippen LogP contribution in [0.5, 0.6) is 0 Å². The number of rotatable bonds is 13. The Morgan fingerprint density at radius 2 is 1.25 bits per heavy atom. The minimum Gasteiger partial charge on any atom is -0.479 e. The Morgan fingerprint density at radius 3 is 1.86 bits per heavy atom. The summed E-state index contributed by atoms with van der Waals surface area (Å²) in [6.45, 7) is 0. The van der Waals surface area contributed by atoms with Gasteiger partial charge in [-0.05, 0) is 48.0 Å². The van der Waals surface area contributed by atoms with Gasteiger partial charge in [-0.15, -0.1) is 22.7 Å². The largest absolute Gasteiger partial charge is 0.479 e. The Balaban J connectivity index is 1.13. The standard InChI is InChI=1S/C38H24Cl2F4N4O6S2/c39-19-3-1-2-18(8-19)35-45-21(15-55-35)11-32(50)48-34(38(53)54)26-14-29(43)25(13-30(26)44)17-4-6-23(27(40)9-17)36-46-22(16-56-36)12-31(49)47-33(37(51)52)24-7-5-20(41)10-28(24)42/h1-10,13-16,33-34H,11-12H2,(H,47,49)(H,48,50)(H,51,52)(H,53,54). The fourth-order valence-electron chi connectivity index (χ4n) is 5.55. The van der Waals surface area contributed by atoms with E-state index in [1.165, 1.54) is 34.9 Å². The molecule has 0 radical (unpaired) electrons. The second-order valence-electron chi connectivity index (χ2n) is 12.0. The van der Waals surface area contributed by atoms with E-state index in [2.05, 4.69) is 20.6 Å². The van der Waals surface area contributed by atoms with Crippen molar-refractivity contribution in [1.29, 1.82) is 0 Å². The SMILES string of the molecule is O=C(Cc1csc(-c2cccc(Cl)c2)n1)NC(C(=O)O)c1cc(F)c(-c2ccc(-c3nc(CC(=O)NC(C(=O)O)c4ccc(F)cc4F)cs3)c(Cl)c2)cc1F. The van der Waals surface area contributed by atoms with Crippen LogP contribution < -0.4 is 10.6 Å². The predicted molar refractivity (Wildman–Crippen MR) is 201 cm³/mol. The fraction of sp³-hybridized carbons (Fsp3) is 0.105. The smallest absolute Gasteiger partial charge is 0.331 e. The normalized spacial score (nSPS) is 12.2. The van der Waals surface area contributed by atoms with Crippen molar-refractivity contribution in [2.24, 2.45) is 0 Å². The zero-order chi connectivity index (χ0) is 40.3. The van der Waals surface area contributed by atoms with Gasteiger partial charge in [0.1, 0.15) is 33.3 Å². The highest BCUT2D eigenvalue weighted by atomic mass is 35.5. The Labute approximate surface area is 332 Å². The van der Waals surface area contributed by atoms with E-state index >= 15 is 8.78 Å². The maximum absolute atomic E-state index is 15.5. The van der Waals surface area contributed by atoms with E-state index in [9.17, 15) is 38.2 Å². The van der Waals surface area contributed by atoms with Gasteiger partial charge in [-0.25, -0.2) is 37.1 Å².